The van der Waals surface area contributed by atoms with Crippen molar-refractivity contribution in [2.45, 2.75) is 43.2 Å². The summed E-state index contributed by atoms with van der Waals surface area (Å²) in [7, 11) is 0. The number of alkyl carbamates (subject to hydrolysis) is 1. The van der Waals surface area contributed by atoms with Gasteiger partial charge in [0, 0.05) is 25.0 Å². The summed E-state index contributed by atoms with van der Waals surface area (Å²) in [6.07, 6.45) is 0.905. The van der Waals surface area contributed by atoms with Crippen LogP contribution < -0.4 is 10.6 Å². The fraction of sp³-hybridized carbons (Fsp3) is 0.423. The van der Waals surface area contributed by atoms with Gasteiger partial charge < -0.3 is 25.2 Å². The molecule has 0 bridgehead atoms. The van der Waals surface area contributed by atoms with E-state index in [0.717, 1.165) is 28.7 Å². The third kappa shape index (κ3) is 4.03. The first kappa shape index (κ1) is 22.4. The molecule has 8 heteroatoms. The zero-order valence-corrected chi connectivity index (χ0v) is 18.8. The Balaban J connectivity index is 1.19. The molecule has 34 heavy (non-hydrogen) atoms. The first-order valence-electron chi connectivity index (χ1n) is 11.7. The second-order valence-electron chi connectivity index (χ2n) is 9.27. The Morgan fingerprint density at radius 3 is 2.26 bits per heavy atom. The fourth-order valence-electron chi connectivity index (χ4n) is 5.28. The number of carboxylic acids is 1. The number of carboxylic acid groups (broad SMARTS) is 1. The molecule has 2 atom stereocenters. The Labute approximate surface area is 197 Å². The number of benzene rings is 2. The molecule has 2 aromatic rings. The lowest BCUT2D eigenvalue weighted by Gasteiger charge is -2.40. The van der Waals surface area contributed by atoms with Gasteiger partial charge >= 0.3 is 12.1 Å². The number of amides is 2. The summed E-state index contributed by atoms with van der Waals surface area (Å²) in [6.45, 7) is 0.738. The van der Waals surface area contributed by atoms with Crippen LogP contribution in [0, 0.1) is 5.92 Å². The standard InChI is InChI=1S/C26H28N2O6/c29-23(30)22-16(10-13-33-22)14-27-24(31)26(11-5-12-26)28-25(32)34-15-21-19-8-3-1-6-17(19)18-7-2-4-9-20(18)21/h1-4,6-9,16,21-22H,5,10-15H2,(H,27,31)(H,28,32)(H,29,30)/t16-,22-/m1/s1. The molecular weight excluding hydrogens is 436 g/mol. The van der Waals surface area contributed by atoms with Crippen LogP contribution in [0.25, 0.3) is 11.1 Å². The average molecular weight is 465 g/mol. The minimum Gasteiger partial charge on any atom is -0.479 e. The van der Waals surface area contributed by atoms with Gasteiger partial charge in [-0.15, -0.1) is 0 Å². The van der Waals surface area contributed by atoms with Crippen LogP contribution in [-0.2, 0) is 19.1 Å². The van der Waals surface area contributed by atoms with Crippen molar-refractivity contribution in [3.63, 3.8) is 0 Å². The van der Waals surface area contributed by atoms with Crippen molar-refractivity contribution < 1.29 is 29.0 Å². The molecule has 2 amide bonds. The molecule has 0 radical (unpaired) electrons. The van der Waals surface area contributed by atoms with Gasteiger partial charge in [-0.2, -0.15) is 0 Å². The van der Waals surface area contributed by atoms with E-state index in [9.17, 15) is 19.5 Å². The summed E-state index contributed by atoms with van der Waals surface area (Å²) in [5, 5.41) is 14.9. The summed E-state index contributed by atoms with van der Waals surface area (Å²) in [6, 6.07) is 16.2. The highest BCUT2D eigenvalue weighted by Crippen LogP contribution is 2.44. The van der Waals surface area contributed by atoms with Crippen molar-refractivity contribution in [2.24, 2.45) is 5.92 Å². The van der Waals surface area contributed by atoms with Crippen molar-refractivity contribution in [3.05, 3.63) is 59.7 Å². The highest BCUT2D eigenvalue weighted by molar-refractivity contribution is 5.91. The van der Waals surface area contributed by atoms with Crippen molar-refractivity contribution in [1.29, 1.82) is 0 Å². The molecule has 2 aliphatic carbocycles. The Hall–Kier alpha value is -3.39. The van der Waals surface area contributed by atoms with Gasteiger partial charge in [-0.25, -0.2) is 9.59 Å². The predicted molar refractivity (Wildman–Crippen MR) is 123 cm³/mol. The largest absolute Gasteiger partial charge is 0.479 e. The lowest BCUT2D eigenvalue weighted by atomic mass is 9.76. The van der Waals surface area contributed by atoms with Crippen molar-refractivity contribution in [2.75, 3.05) is 19.8 Å². The van der Waals surface area contributed by atoms with Crippen LogP contribution in [-0.4, -0.2) is 54.5 Å². The van der Waals surface area contributed by atoms with Crippen LogP contribution in [0.2, 0.25) is 0 Å². The van der Waals surface area contributed by atoms with E-state index in [1.807, 2.05) is 24.3 Å². The summed E-state index contributed by atoms with van der Waals surface area (Å²) < 4.78 is 10.9. The summed E-state index contributed by atoms with van der Waals surface area (Å²) in [4.78, 5) is 37.0. The van der Waals surface area contributed by atoms with Crippen LogP contribution in [0.5, 0.6) is 0 Å². The molecule has 2 aromatic carbocycles. The molecule has 1 aliphatic heterocycles. The monoisotopic (exact) mass is 464 g/mol. The summed E-state index contributed by atoms with van der Waals surface area (Å²) >= 11 is 0. The van der Waals surface area contributed by atoms with Gasteiger partial charge in [0.2, 0.25) is 5.91 Å². The number of fused-ring (bicyclic) bond motifs is 3. The van der Waals surface area contributed by atoms with Gasteiger partial charge in [0.25, 0.3) is 0 Å². The van der Waals surface area contributed by atoms with Gasteiger partial charge in [0.1, 0.15) is 12.1 Å². The number of rotatable bonds is 7. The molecule has 1 heterocycles. The SMILES string of the molecule is O=C(NC1(C(=O)NC[C@H]2CCO[C@H]2C(=O)O)CCC1)OCC1c2ccccc2-c2ccccc21. The average Bonchev–Trinajstić information content (AvgIpc) is 3.41. The van der Waals surface area contributed by atoms with Crippen LogP contribution in [0.3, 0.4) is 0 Å². The molecule has 0 spiro atoms. The molecular formula is C26H28N2O6. The lowest BCUT2D eigenvalue weighted by molar-refractivity contribution is -0.149. The molecule has 0 unspecified atom stereocenters. The zero-order valence-electron chi connectivity index (χ0n) is 18.8. The maximum atomic E-state index is 12.9. The summed E-state index contributed by atoms with van der Waals surface area (Å²) in [5.74, 6) is -1.66. The normalized spacial score (nSPS) is 22.2. The number of carbonyl (C=O) groups excluding carboxylic acids is 2. The highest BCUT2D eigenvalue weighted by atomic mass is 16.5. The van der Waals surface area contributed by atoms with Crippen LogP contribution in [0.4, 0.5) is 4.79 Å². The molecule has 3 aliphatic rings. The first-order chi connectivity index (χ1) is 16.5. The number of hydrogen-bond acceptors (Lipinski definition) is 5. The van der Waals surface area contributed by atoms with E-state index in [1.54, 1.807) is 0 Å². The van der Waals surface area contributed by atoms with Crippen molar-refractivity contribution >= 4 is 18.0 Å². The summed E-state index contributed by atoms with van der Waals surface area (Å²) in [5.41, 5.74) is 3.54. The number of hydrogen-bond donors (Lipinski definition) is 3. The van der Waals surface area contributed by atoms with E-state index in [1.165, 1.54) is 0 Å². The molecule has 8 nitrogen and oxygen atoms in total. The fourth-order valence-corrected chi connectivity index (χ4v) is 5.28. The van der Waals surface area contributed by atoms with E-state index >= 15 is 0 Å². The number of carbonyl (C=O) groups is 3. The van der Waals surface area contributed by atoms with E-state index in [2.05, 4.69) is 34.9 Å². The number of nitrogens with one attached hydrogen (secondary N) is 2. The Bertz CT molecular complexity index is 1070. The Morgan fingerprint density at radius 2 is 1.68 bits per heavy atom. The smallest absolute Gasteiger partial charge is 0.408 e. The van der Waals surface area contributed by atoms with E-state index in [-0.39, 0.29) is 30.9 Å². The van der Waals surface area contributed by atoms with Crippen LogP contribution in [0.15, 0.2) is 48.5 Å². The molecule has 1 saturated carbocycles. The molecule has 3 N–H and O–H groups in total. The molecule has 2 fully saturated rings. The second kappa shape index (κ2) is 9.10. The van der Waals surface area contributed by atoms with Crippen molar-refractivity contribution in [1.82, 2.24) is 10.6 Å². The number of aliphatic carboxylic acids is 1. The zero-order chi connectivity index (χ0) is 23.7. The highest BCUT2D eigenvalue weighted by Gasteiger charge is 2.46. The van der Waals surface area contributed by atoms with Crippen LogP contribution in [0.1, 0.15) is 42.7 Å². The van der Waals surface area contributed by atoms with Gasteiger partial charge in [0.05, 0.1) is 0 Å². The second-order valence-corrected chi connectivity index (χ2v) is 9.27. The minimum atomic E-state index is -1.02. The minimum absolute atomic E-state index is 0.0559. The van der Waals surface area contributed by atoms with E-state index in [4.69, 9.17) is 9.47 Å². The number of ether oxygens (including phenoxy) is 2. The third-order valence-electron chi connectivity index (χ3n) is 7.31. The van der Waals surface area contributed by atoms with E-state index < -0.39 is 23.7 Å². The van der Waals surface area contributed by atoms with Gasteiger partial charge in [-0.1, -0.05) is 48.5 Å². The molecule has 1 saturated heterocycles. The third-order valence-corrected chi connectivity index (χ3v) is 7.31. The maximum absolute atomic E-state index is 12.9. The van der Waals surface area contributed by atoms with Crippen LogP contribution >= 0.6 is 0 Å². The van der Waals surface area contributed by atoms with Gasteiger partial charge in [-0.05, 0) is 47.9 Å². The topological polar surface area (TPSA) is 114 Å². The van der Waals surface area contributed by atoms with Gasteiger partial charge in [-0.3, -0.25) is 4.79 Å². The van der Waals surface area contributed by atoms with E-state index in [0.29, 0.717) is 25.9 Å². The predicted octanol–water partition coefficient (Wildman–Crippen LogP) is 3.05. The molecule has 178 valence electrons. The first-order valence-corrected chi connectivity index (χ1v) is 11.7. The Kier molecular flexibility index (Phi) is 6.00. The molecule has 0 aromatic heterocycles. The quantitative estimate of drug-likeness (QED) is 0.580. The maximum Gasteiger partial charge on any atom is 0.408 e. The van der Waals surface area contributed by atoms with Gasteiger partial charge in [0.15, 0.2) is 6.10 Å². The lowest BCUT2D eigenvalue weighted by Crippen LogP contribution is -2.63. The Morgan fingerprint density at radius 1 is 1.03 bits per heavy atom. The molecule has 5 rings (SSSR count). The van der Waals surface area contributed by atoms with Crippen molar-refractivity contribution in [3.8, 4) is 11.1 Å².